The number of nitrogens with one attached hydrogen (secondary N) is 2. The van der Waals surface area contributed by atoms with E-state index in [4.69, 9.17) is 9.47 Å². The molecule has 1 amide bonds. The Morgan fingerprint density at radius 3 is 2.46 bits per heavy atom. The zero-order valence-corrected chi connectivity index (χ0v) is 15.6. The molecule has 8 heteroatoms. The third-order valence-electron chi connectivity index (χ3n) is 3.62. The standard InChI is InChI=1S/C18H25N5O3/c1-23(2)11-5-10-19-18(24)14-7-9-17(22-21-14)20-13-6-8-15(25-3)16(12-13)26-4/h6-9,12H,5,10-11H2,1-4H3,(H,19,24)(H,20,22). The smallest absolute Gasteiger partial charge is 0.271 e. The van der Waals surface area contributed by atoms with Crippen molar-refractivity contribution in [2.24, 2.45) is 0 Å². The minimum Gasteiger partial charge on any atom is -0.493 e. The van der Waals surface area contributed by atoms with Gasteiger partial charge in [0.1, 0.15) is 0 Å². The van der Waals surface area contributed by atoms with E-state index in [-0.39, 0.29) is 11.6 Å². The highest BCUT2D eigenvalue weighted by atomic mass is 16.5. The van der Waals surface area contributed by atoms with Crippen molar-refractivity contribution in [2.75, 3.05) is 46.7 Å². The van der Waals surface area contributed by atoms with Gasteiger partial charge in [-0.1, -0.05) is 0 Å². The third-order valence-corrected chi connectivity index (χ3v) is 3.62. The summed E-state index contributed by atoms with van der Waals surface area (Å²) >= 11 is 0. The average Bonchev–Trinajstić information content (AvgIpc) is 2.65. The van der Waals surface area contributed by atoms with Gasteiger partial charge in [0.25, 0.3) is 5.91 Å². The molecule has 2 rings (SSSR count). The fourth-order valence-corrected chi connectivity index (χ4v) is 2.27. The molecule has 0 aliphatic heterocycles. The van der Waals surface area contributed by atoms with Gasteiger partial charge >= 0.3 is 0 Å². The van der Waals surface area contributed by atoms with Gasteiger partial charge in [-0.2, -0.15) is 0 Å². The van der Waals surface area contributed by atoms with Gasteiger partial charge in [-0.05, 0) is 51.3 Å². The first-order valence-electron chi connectivity index (χ1n) is 8.29. The van der Waals surface area contributed by atoms with E-state index >= 15 is 0 Å². The number of nitrogens with zero attached hydrogens (tertiary/aromatic N) is 3. The molecule has 0 aliphatic carbocycles. The topological polar surface area (TPSA) is 88.6 Å². The maximum atomic E-state index is 12.0. The van der Waals surface area contributed by atoms with Crippen LogP contribution in [0, 0.1) is 0 Å². The van der Waals surface area contributed by atoms with E-state index in [9.17, 15) is 4.79 Å². The fourth-order valence-electron chi connectivity index (χ4n) is 2.27. The molecule has 2 N–H and O–H groups in total. The van der Waals surface area contributed by atoms with Gasteiger partial charge in [-0.25, -0.2) is 0 Å². The van der Waals surface area contributed by atoms with Crippen LogP contribution in [0.4, 0.5) is 11.5 Å². The summed E-state index contributed by atoms with van der Waals surface area (Å²) < 4.78 is 10.5. The lowest BCUT2D eigenvalue weighted by molar-refractivity contribution is 0.0946. The van der Waals surface area contributed by atoms with Crippen molar-refractivity contribution >= 4 is 17.4 Å². The van der Waals surface area contributed by atoms with Crippen molar-refractivity contribution in [3.63, 3.8) is 0 Å². The largest absolute Gasteiger partial charge is 0.493 e. The molecule has 1 aromatic heterocycles. The van der Waals surface area contributed by atoms with Gasteiger partial charge < -0.3 is 25.0 Å². The molecular weight excluding hydrogens is 334 g/mol. The lowest BCUT2D eigenvalue weighted by atomic mass is 10.2. The maximum absolute atomic E-state index is 12.0. The molecule has 0 fully saturated rings. The number of hydrogen-bond donors (Lipinski definition) is 2. The van der Waals surface area contributed by atoms with Gasteiger partial charge in [0, 0.05) is 18.3 Å². The molecule has 0 spiro atoms. The Labute approximate surface area is 153 Å². The molecular formula is C18H25N5O3. The molecule has 0 bridgehead atoms. The Morgan fingerprint density at radius 2 is 1.85 bits per heavy atom. The molecule has 8 nitrogen and oxygen atoms in total. The van der Waals surface area contributed by atoms with E-state index in [1.807, 2.05) is 20.2 Å². The van der Waals surface area contributed by atoms with Crippen molar-refractivity contribution in [1.29, 1.82) is 0 Å². The van der Waals surface area contributed by atoms with Gasteiger partial charge in [0.05, 0.1) is 14.2 Å². The van der Waals surface area contributed by atoms with Crippen LogP contribution < -0.4 is 20.1 Å². The second-order valence-electron chi connectivity index (χ2n) is 5.91. The summed E-state index contributed by atoms with van der Waals surface area (Å²) in [5.74, 6) is 1.56. The van der Waals surface area contributed by atoms with Crippen LogP contribution in [-0.4, -0.2) is 62.4 Å². The maximum Gasteiger partial charge on any atom is 0.271 e. The lowest BCUT2D eigenvalue weighted by Crippen LogP contribution is -2.28. The fraction of sp³-hybridized carbons (Fsp3) is 0.389. The zero-order valence-electron chi connectivity index (χ0n) is 15.6. The van der Waals surface area contributed by atoms with Crippen LogP contribution in [0.2, 0.25) is 0 Å². The molecule has 140 valence electrons. The Hall–Kier alpha value is -2.87. The number of ether oxygens (including phenoxy) is 2. The number of carbonyl (C=O) groups is 1. The molecule has 1 heterocycles. The van der Waals surface area contributed by atoms with E-state index in [1.54, 1.807) is 38.5 Å². The Bertz CT molecular complexity index is 719. The normalized spacial score (nSPS) is 10.5. The predicted molar refractivity (Wildman–Crippen MR) is 100 cm³/mol. The molecule has 0 saturated carbocycles. The first-order valence-corrected chi connectivity index (χ1v) is 8.29. The summed E-state index contributed by atoms with van der Waals surface area (Å²) in [6.45, 7) is 1.52. The number of rotatable bonds is 9. The lowest BCUT2D eigenvalue weighted by Gasteiger charge is -2.11. The van der Waals surface area contributed by atoms with Crippen LogP contribution in [0.5, 0.6) is 11.5 Å². The summed E-state index contributed by atoms with van der Waals surface area (Å²) in [5.41, 5.74) is 1.06. The monoisotopic (exact) mass is 359 g/mol. The SMILES string of the molecule is COc1ccc(Nc2ccc(C(=O)NCCCN(C)C)nn2)cc1OC. The molecule has 0 radical (unpaired) electrons. The molecule has 2 aromatic rings. The summed E-state index contributed by atoms with van der Waals surface area (Å²) in [7, 11) is 7.16. The summed E-state index contributed by atoms with van der Waals surface area (Å²) in [5, 5.41) is 14.0. The summed E-state index contributed by atoms with van der Waals surface area (Å²) in [6.07, 6.45) is 0.880. The van der Waals surface area contributed by atoms with Crippen LogP contribution in [0.1, 0.15) is 16.9 Å². The van der Waals surface area contributed by atoms with E-state index in [1.165, 1.54) is 0 Å². The van der Waals surface area contributed by atoms with Gasteiger partial charge in [-0.3, -0.25) is 4.79 Å². The first-order chi connectivity index (χ1) is 12.5. The summed E-state index contributed by atoms with van der Waals surface area (Å²) in [6, 6.07) is 8.78. The van der Waals surface area contributed by atoms with Gasteiger partial charge in [0.15, 0.2) is 23.0 Å². The predicted octanol–water partition coefficient (Wildman–Crippen LogP) is 1.92. The van der Waals surface area contributed by atoms with Crippen molar-refractivity contribution in [3.05, 3.63) is 36.0 Å². The van der Waals surface area contributed by atoms with Crippen molar-refractivity contribution < 1.29 is 14.3 Å². The molecule has 0 unspecified atom stereocenters. The molecule has 1 aromatic carbocycles. The number of anilines is 2. The highest BCUT2D eigenvalue weighted by Crippen LogP contribution is 2.30. The van der Waals surface area contributed by atoms with E-state index in [0.29, 0.717) is 23.9 Å². The van der Waals surface area contributed by atoms with Crippen LogP contribution >= 0.6 is 0 Å². The third kappa shape index (κ3) is 5.59. The quantitative estimate of drug-likeness (QED) is 0.661. The second kappa shape index (κ2) is 9.57. The number of carbonyl (C=O) groups excluding carboxylic acids is 1. The Balaban J connectivity index is 1.93. The van der Waals surface area contributed by atoms with Crippen molar-refractivity contribution in [2.45, 2.75) is 6.42 Å². The molecule has 0 aliphatic rings. The Morgan fingerprint density at radius 1 is 1.08 bits per heavy atom. The van der Waals surface area contributed by atoms with E-state index in [2.05, 4.69) is 25.7 Å². The highest BCUT2D eigenvalue weighted by Gasteiger charge is 2.09. The first kappa shape index (κ1) is 19.5. The highest BCUT2D eigenvalue weighted by molar-refractivity contribution is 5.92. The van der Waals surface area contributed by atoms with Crippen molar-refractivity contribution in [3.8, 4) is 11.5 Å². The molecule has 0 saturated heterocycles. The second-order valence-corrected chi connectivity index (χ2v) is 5.91. The van der Waals surface area contributed by atoms with Crippen LogP contribution in [0.3, 0.4) is 0 Å². The van der Waals surface area contributed by atoms with Crippen LogP contribution in [0.15, 0.2) is 30.3 Å². The number of amides is 1. The minimum absolute atomic E-state index is 0.228. The molecule has 26 heavy (non-hydrogen) atoms. The van der Waals surface area contributed by atoms with E-state index in [0.717, 1.165) is 18.7 Å². The number of methoxy groups -OCH3 is 2. The number of hydrogen-bond acceptors (Lipinski definition) is 7. The van der Waals surface area contributed by atoms with Crippen LogP contribution in [0.25, 0.3) is 0 Å². The van der Waals surface area contributed by atoms with Gasteiger partial charge in [-0.15, -0.1) is 10.2 Å². The number of aromatic nitrogens is 2. The Kier molecular flexibility index (Phi) is 7.16. The number of benzene rings is 1. The molecule has 0 atom stereocenters. The van der Waals surface area contributed by atoms with Gasteiger partial charge in [0.2, 0.25) is 0 Å². The van der Waals surface area contributed by atoms with Crippen LogP contribution in [-0.2, 0) is 0 Å². The summed E-state index contributed by atoms with van der Waals surface area (Å²) in [4.78, 5) is 14.1. The van der Waals surface area contributed by atoms with E-state index < -0.39 is 0 Å². The zero-order chi connectivity index (χ0) is 18.9. The minimum atomic E-state index is -0.228. The van der Waals surface area contributed by atoms with Crippen molar-refractivity contribution in [1.82, 2.24) is 20.4 Å². The average molecular weight is 359 g/mol.